The second-order valence-electron chi connectivity index (χ2n) is 5.62. The van der Waals surface area contributed by atoms with Gasteiger partial charge in [0, 0.05) is 12.6 Å². The fraction of sp³-hybridized carbons (Fsp3) is 1.00. The van der Waals surface area contributed by atoms with Crippen LogP contribution in [0.25, 0.3) is 0 Å². The first-order valence-electron chi connectivity index (χ1n) is 7.90. The summed E-state index contributed by atoms with van der Waals surface area (Å²) in [6, 6.07) is 0.804. The van der Waals surface area contributed by atoms with Crippen molar-refractivity contribution in [1.29, 1.82) is 0 Å². The van der Waals surface area contributed by atoms with E-state index in [1.54, 1.807) is 0 Å². The van der Waals surface area contributed by atoms with Gasteiger partial charge in [-0.15, -0.1) is 0 Å². The van der Waals surface area contributed by atoms with Gasteiger partial charge in [-0.2, -0.15) is 0 Å². The Kier molecular flexibility index (Phi) is 9.54. The summed E-state index contributed by atoms with van der Waals surface area (Å²) in [4.78, 5) is 2.65. The number of rotatable bonds is 11. The van der Waals surface area contributed by atoms with Crippen LogP contribution in [0.1, 0.15) is 58.3 Å². The topological polar surface area (TPSA) is 35.5 Å². The van der Waals surface area contributed by atoms with E-state index in [4.69, 9.17) is 5.11 Å². The minimum atomic E-state index is 0.258. The molecule has 1 atom stereocenters. The summed E-state index contributed by atoms with van der Waals surface area (Å²) in [5.74, 6) is 0. The molecular formula is C15H32N2O. The first kappa shape index (κ1) is 15.9. The highest BCUT2D eigenvalue weighted by molar-refractivity contribution is 4.72. The lowest BCUT2D eigenvalue weighted by atomic mass is 10.1. The number of hydrogen-bond donors (Lipinski definition) is 2. The number of unbranched alkanes of at least 4 members (excludes halogenated alkanes) is 4. The fourth-order valence-electron chi connectivity index (χ4n) is 2.79. The highest BCUT2D eigenvalue weighted by atomic mass is 16.3. The van der Waals surface area contributed by atoms with Crippen LogP contribution in [0.4, 0.5) is 0 Å². The van der Waals surface area contributed by atoms with Crippen molar-refractivity contribution >= 4 is 0 Å². The average molecular weight is 256 g/mol. The molecule has 1 unspecified atom stereocenters. The zero-order valence-electron chi connectivity index (χ0n) is 12.2. The normalized spacial score (nSPS) is 18.3. The van der Waals surface area contributed by atoms with Gasteiger partial charge in [0.1, 0.15) is 0 Å². The first-order valence-corrected chi connectivity index (χ1v) is 7.90. The van der Waals surface area contributed by atoms with Crippen molar-refractivity contribution in [2.75, 3.05) is 32.8 Å². The molecule has 108 valence electrons. The summed E-state index contributed by atoms with van der Waals surface area (Å²) in [5, 5.41) is 11.8. The summed E-state index contributed by atoms with van der Waals surface area (Å²) < 4.78 is 0. The summed E-state index contributed by atoms with van der Waals surface area (Å²) in [7, 11) is 0. The minimum Gasteiger partial charge on any atom is -0.395 e. The smallest absolute Gasteiger partial charge is 0.0555 e. The van der Waals surface area contributed by atoms with E-state index in [1.165, 1.54) is 64.5 Å². The Hall–Kier alpha value is -0.120. The summed E-state index contributed by atoms with van der Waals surface area (Å²) >= 11 is 0. The molecule has 0 amide bonds. The van der Waals surface area contributed by atoms with E-state index in [2.05, 4.69) is 17.1 Å². The molecule has 1 rings (SSSR count). The Morgan fingerprint density at radius 3 is 2.39 bits per heavy atom. The molecule has 0 aromatic rings. The van der Waals surface area contributed by atoms with Crippen LogP contribution in [0.2, 0.25) is 0 Å². The van der Waals surface area contributed by atoms with Crippen molar-refractivity contribution in [2.24, 2.45) is 0 Å². The first-order chi connectivity index (χ1) is 8.84. The van der Waals surface area contributed by atoms with E-state index in [-0.39, 0.29) is 6.61 Å². The standard InChI is InChI=1S/C15H32N2O/c1-15(17-12-7-8-13-17)9-5-3-2-4-6-10-16-11-14-18/h15-16,18H,2-14H2,1H3. The molecule has 0 radical (unpaired) electrons. The third-order valence-corrected chi connectivity index (χ3v) is 4.03. The van der Waals surface area contributed by atoms with Crippen molar-refractivity contribution in [3.63, 3.8) is 0 Å². The fourth-order valence-corrected chi connectivity index (χ4v) is 2.79. The Bertz CT molecular complexity index is 181. The maximum absolute atomic E-state index is 8.61. The minimum absolute atomic E-state index is 0.258. The van der Waals surface area contributed by atoms with Crippen molar-refractivity contribution in [3.05, 3.63) is 0 Å². The summed E-state index contributed by atoms with van der Waals surface area (Å²) in [6.07, 6.45) is 10.9. The van der Waals surface area contributed by atoms with Gasteiger partial charge >= 0.3 is 0 Å². The van der Waals surface area contributed by atoms with Gasteiger partial charge < -0.3 is 15.3 Å². The third kappa shape index (κ3) is 7.34. The lowest BCUT2D eigenvalue weighted by Gasteiger charge is -2.23. The predicted molar refractivity (Wildman–Crippen MR) is 77.9 cm³/mol. The largest absolute Gasteiger partial charge is 0.395 e. The van der Waals surface area contributed by atoms with Crippen molar-refractivity contribution in [3.8, 4) is 0 Å². The molecule has 1 aliphatic heterocycles. The van der Waals surface area contributed by atoms with E-state index in [9.17, 15) is 0 Å². The van der Waals surface area contributed by atoms with E-state index in [0.29, 0.717) is 0 Å². The summed E-state index contributed by atoms with van der Waals surface area (Å²) in [6.45, 7) is 7.12. The molecule has 1 heterocycles. The van der Waals surface area contributed by atoms with Crippen molar-refractivity contribution in [2.45, 2.75) is 64.3 Å². The van der Waals surface area contributed by atoms with Crippen molar-refractivity contribution < 1.29 is 5.11 Å². The number of aliphatic hydroxyl groups is 1. The second kappa shape index (κ2) is 10.8. The van der Waals surface area contributed by atoms with Crippen molar-refractivity contribution in [1.82, 2.24) is 10.2 Å². The molecule has 3 heteroatoms. The molecule has 0 spiro atoms. The third-order valence-electron chi connectivity index (χ3n) is 4.03. The molecule has 0 aromatic heterocycles. The van der Waals surface area contributed by atoms with E-state index >= 15 is 0 Å². The SMILES string of the molecule is CC(CCCCCCCNCCO)N1CCCC1. The highest BCUT2D eigenvalue weighted by Gasteiger charge is 2.16. The van der Waals surface area contributed by atoms with Gasteiger partial charge in [-0.1, -0.05) is 25.7 Å². The lowest BCUT2D eigenvalue weighted by Crippen LogP contribution is -2.29. The van der Waals surface area contributed by atoms with Gasteiger partial charge in [0.15, 0.2) is 0 Å². The number of hydrogen-bond acceptors (Lipinski definition) is 3. The predicted octanol–water partition coefficient (Wildman–Crippen LogP) is 2.39. The van der Waals surface area contributed by atoms with Crippen LogP contribution in [0, 0.1) is 0 Å². The van der Waals surface area contributed by atoms with E-state index < -0.39 is 0 Å². The molecule has 1 aliphatic rings. The Morgan fingerprint density at radius 1 is 1.00 bits per heavy atom. The van der Waals surface area contributed by atoms with Crippen LogP contribution in [0.15, 0.2) is 0 Å². The van der Waals surface area contributed by atoms with Gasteiger partial charge in [-0.05, 0) is 52.2 Å². The van der Waals surface area contributed by atoms with Gasteiger partial charge in [0.05, 0.1) is 6.61 Å². The number of aliphatic hydroxyl groups excluding tert-OH is 1. The van der Waals surface area contributed by atoms with Gasteiger partial charge in [-0.3, -0.25) is 0 Å². The van der Waals surface area contributed by atoms with E-state index in [0.717, 1.165) is 19.1 Å². The Morgan fingerprint density at radius 2 is 1.67 bits per heavy atom. The van der Waals surface area contributed by atoms with E-state index in [1.807, 2.05) is 0 Å². The van der Waals surface area contributed by atoms with Gasteiger partial charge in [0.2, 0.25) is 0 Å². The zero-order chi connectivity index (χ0) is 13.1. The van der Waals surface area contributed by atoms with Gasteiger partial charge in [-0.25, -0.2) is 0 Å². The quantitative estimate of drug-likeness (QED) is 0.557. The lowest BCUT2D eigenvalue weighted by molar-refractivity contribution is 0.242. The highest BCUT2D eigenvalue weighted by Crippen LogP contribution is 2.16. The maximum Gasteiger partial charge on any atom is 0.0555 e. The molecule has 1 fully saturated rings. The van der Waals surface area contributed by atoms with Crippen LogP contribution in [-0.4, -0.2) is 48.8 Å². The monoisotopic (exact) mass is 256 g/mol. The molecule has 2 N–H and O–H groups in total. The Balaban J connectivity index is 1.80. The Labute approximate surface area is 113 Å². The molecule has 0 aromatic carbocycles. The number of nitrogens with one attached hydrogen (secondary N) is 1. The average Bonchev–Trinajstić information content (AvgIpc) is 2.90. The molecule has 3 nitrogen and oxygen atoms in total. The molecule has 0 aliphatic carbocycles. The van der Waals surface area contributed by atoms with Crippen LogP contribution in [0.5, 0.6) is 0 Å². The molecular weight excluding hydrogens is 224 g/mol. The second-order valence-corrected chi connectivity index (χ2v) is 5.62. The molecule has 1 saturated heterocycles. The van der Waals surface area contributed by atoms with Gasteiger partial charge in [0.25, 0.3) is 0 Å². The van der Waals surface area contributed by atoms with Crippen LogP contribution >= 0.6 is 0 Å². The summed E-state index contributed by atoms with van der Waals surface area (Å²) in [5.41, 5.74) is 0. The molecule has 0 saturated carbocycles. The molecule has 0 bridgehead atoms. The number of nitrogens with zero attached hydrogens (tertiary/aromatic N) is 1. The zero-order valence-corrected chi connectivity index (χ0v) is 12.2. The van der Waals surface area contributed by atoms with Crippen LogP contribution in [-0.2, 0) is 0 Å². The van der Waals surface area contributed by atoms with Crippen LogP contribution < -0.4 is 5.32 Å². The number of likely N-dealkylation sites (tertiary alicyclic amines) is 1. The van der Waals surface area contributed by atoms with Crippen LogP contribution in [0.3, 0.4) is 0 Å². The maximum atomic E-state index is 8.61. The molecule has 18 heavy (non-hydrogen) atoms.